The molecule has 0 rings (SSSR count). The minimum absolute atomic E-state index is 0.0365. The van der Waals surface area contributed by atoms with Gasteiger partial charge in [-0.15, -0.1) is 0 Å². The average molecular weight is 317 g/mol. The predicted octanol–water partition coefficient (Wildman–Crippen LogP) is -0.598. The number of amides is 3. The maximum Gasteiger partial charge on any atom is 0.272 e. The van der Waals surface area contributed by atoms with Crippen molar-refractivity contribution in [1.82, 2.24) is 16.1 Å². The molecule has 0 aliphatic carbocycles. The number of hydroxylamine groups is 1. The molecule has 0 aliphatic heterocycles. The molecule has 0 aromatic rings. The fraction of sp³-hybridized carbons (Fsp3) is 0.786. The lowest BCUT2D eigenvalue weighted by Crippen LogP contribution is -2.53. The van der Waals surface area contributed by atoms with Crippen LogP contribution in [0.1, 0.15) is 34.1 Å². The first kappa shape index (κ1) is 20.3. The number of carbonyl (C=O) groups excluding carboxylic acids is 3. The second-order valence-corrected chi connectivity index (χ2v) is 6.00. The van der Waals surface area contributed by atoms with E-state index in [4.69, 9.17) is 5.21 Å². The Labute approximate surface area is 130 Å². The Morgan fingerprint density at radius 3 is 1.91 bits per heavy atom. The Balaban J connectivity index is 5.17. The van der Waals surface area contributed by atoms with Crippen LogP contribution >= 0.6 is 0 Å². The Morgan fingerprint density at radius 2 is 1.55 bits per heavy atom. The van der Waals surface area contributed by atoms with Crippen molar-refractivity contribution < 1.29 is 24.7 Å². The Kier molecular flexibility index (Phi) is 8.66. The van der Waals surface area contributed by atoms with Crippen LogP contribution in [0.5, 0.6) is 0 Å². The van der Waals surface area contributed by atoms with Gasteiger partial charge >= 0.3 is 0 Å². The number of nitrogens with one attached hydrogen (secondary N) is 3. The summed E-state index contributed by atoms with van der Waals surface area (Å²) in [6.07, 6.45) is -1.45. The zero-order valence-electron chi connectivity index (χ0n) is 13.7. The Hall–Kier alpha value is -1.67. The smallest absolute Gasteiger partial charge is 0.272 e. The number of rotatable bonds is 8. The van der Waals surface area contributed by atoms with E-state index < -0.39 is 29.9 Å². The van der Waals surface area contributed by atoms with Gasteiger partial charge < -0.3 is 15.7 Å². The molecule has 22 heavy (non-hydrogen) atoms. The first-order chi connectivity index (χ1) is 10.1. The second-order valence-electron chi connectivity index (χ2n) is 6.00. The van der Waals surface area contributed by atoms with Gasteiger partial charge in [0.1, 0.15) is 12.1 Å². The standard InChI is InChI=1S/C14H27N3O5/c1-7(2)6-9(11(18)14(21)17-22)12(19)16-10(8(3)4)13(20)15-5/h7-11,18,22H,6H2,1-5H3,(H,15,20)(H,16,19)(H,17,21)/t9-,10+,11+/m1/s1. The van der Waals surface area contributed by atoms with Gasteiger partial charge in [0.25, 0.3) is 5.91 Å². The summed E-state index contributed by atoms with van der Waals surface area (Å²) in [6, 6.07) is -0.767. The van der Waals surface area contributed by atoms with Crippen LogP contribution in [0.25, 0.3) is 0 Å². The van der Waals surface area contributed by atoms with Crippen molar-refractivity contribution in [3.63, 3.8) is 0 Å². The number of hydrogen-bond acceptors (Lipinski definition) is 5. The van der Waals surface area contributed by atoms with Crippen molar-refractivity contribution in [3.05, 3.63) is 0 Å². The average Bonchev–Trinajstić information content (AvgIpc) is 2.46. The van der Waals surface area contributed by atoms with Gasteiger partial charge in [0.05, 0.1) is 5.92 Å². The summed E-state index contributed by atoms with van der Waals surface area (Å²) in [7, 11) is 1.46. The van der Waals surface area contributed by atoms with Gasteiger partial charge in [-0.25, -0.2) is 5.48 Å². The molecule has 8 nitrogen and oxygen atoms in total. The van der Waals surface area contributed by atoms with Crippen molar-refractivity contribution in [2.45, 2.75) is 46.3 Å². The van der Waals surface area contributed by atoms with Crippen LogP contribution in [-0.2, 0) is 14.4 Å². The largest absolute Gasteiger partial charge is 0.382 e. The predicted molar refractivity (Wildman–Crippen MR) is 79.7 cm³/mol. The normalized spacial score (nSPS) is 15.1. The lowest BCUT2D eigenvalue weighted by Gasteiger charge is -2.26. The minimum Gasteiger partial charge on any atom is -0.382 e. The van der Waals surface area contributed by atoms with E-state index in [9.17, 15) is 19.5 Å². The van der Waals surface area contributed by atoms with Crippen LogP contribution in [0.15, 0.2) is 0 Å². The zero-order chi connectivity index (χ0) is 17.4. The molecule has 0 unspecified atom stereocenters. The maximum atomic E-state index is 12.4. The van der Waals surface area contributed by atoms with Crippen molar-refractivity contribution in [2.75, 3.05) is 7.05 Å². The van der Waals surface area contributed by atoms with Crippen LogP contribution in [0.4, 0.5) is 0 Å². The third-order valence-corrected chi connectivity index (χ3v) is 3.32. The fourth-order valence-corrected chi connectivity index (χ4v) is 2.09. The van der Waals surface area contributed by atoms with E-state index in [0.29, 0.717) is 0 Å². The summed E-state index contributed by atoms with van der Waals surface area (Å²) >= 11 is 0. The number of hydrogen-bond donors (Lipinski definition) is 5. The first-order valence-corrected chi connectivity index (χ1v) is 7.29. The summed E-state index contributed by atoms with van der Waals surface area (Å²) in [6.45, 7) is 7.22. The van der Waals surface area contributed by atoms with E-state index in [1.165, 1.54) is 12.5 Å². The Morgan fingerprint density at radius 1 is 1.00 bits per heavy atom. The topological polar surface area (TPSA) is 128 Å². The lowest BCUT2D eigenvalue weighted by molar-refractivity contribution is -0.147. The fourth-order valence-electron chi connectivity index (χ4n) is 2.09. The molecule has 5 N–H and O–H groups in total. The van der Waals surface area contributed by atoms with Gasteiger partial charge in [0.2, 0.25) is 11.8 Å². The van der Waals surface area contributed by atoms with Crippen molar-refractivity contribution in [1.29, 1.82) is 0 Å². The van der Waals surface area contributed by atoms with Crippen LogP contribution in [0.2, 0.25) is 0 Å². The van der Waals surface area contributed by atoms with Gasteiger partial charge in [0, 0.05) is 7.05 Å². The molecule has 128 valence electrons. The molecule has 3 atom stereocenters. The molecule has 0 aliphatic rings. The maximum absolute atomic E-state index is 12.4. The Bertz CT molecular complexity index is 398. The number of carbonyl (C=O) groups is 3. The van der Waals surface area contributed by atoms with E-state index in [1.54, 1.807) is 13.8 Å². The summed E-state index contributed by atoms with van der Waals surface area (Å²) in [5, 5.41) is 23.5. The number of aliphatic hydroxyl groups excluding tert-OH is 1. The van der Waals surface area contributed by atoms with Gasteiger partial charge in [-0.2, -0.15) is 0 Å². The van der Waals surface area contributed by atoms with Crippen molar-refractivity contribution >= 4 is 17.7 Å². The van der Waals surface area contributed by atoms with E-state index in [2.05, 4.69) is 10.6 Å². The summed E-state index contributed by atoms with van der Waals surface area (Å²) in [5.41, 5.74) is 1.34. The summed E-state index contributed by atoms with van der Waals surface area (Å²) in [4.78, 5) is 35.5. The molecule has 0 aromatic heterocycles. The molecule has 3 amide bonds. The third-order valence-electron chi connectivity index (χ3n) is 3.32. The van der Waals surface area contributed by atoms with Crippen LogP contribution < -0.4 is 16.1 Å². The highest BCUT2D eigenvalue weighted by Crippen LogP contribution is 2.17. The molecule has 0 aromatic carbocycles. The molecule has 0 bridgehead atoms. The highest BCUT2D eigenvalue weighted by Gasteiger charge is 2.35. The highest BCUT2D eigenvalue weighted by atomic mass is 16.5. The van der Waals surface area contributed by atoms with Gasteiger partial charge in [-0.3, -0.25) is 19.6 Å². The molecular weight excluding hydrogens is 290 g/mol. The molecule has 0 saturated carbocycles. The third kappa shape index (κ3) is 5.98. The number of aliphatic hydroxyl groups is 1. The SMILES string of the molecule is CNC(=O)[C@@H](NC(=O)[C@H](CC(C)C)[C@H](O)C(=O)NO)C(C)C. The molecular formula is C14H27N3O5. The monoisotopic (exact) mass is 317 g/mol. The first-order valence-electron chi connectivity index (χ1n) is 7.29. The molecule has 0 heterocycles. The summed E-state index contributed by atoms with van der Waals surface area (Å²) in [5.74, 6) is -3.19. The van der Waals surface area contributed by atoms with Crippen molar-refractivity contribution in [3.8, 4) is 0 Å². The van der Waals surface area contributed by atoms with E-state index >= 15 is 0 Å². The van der Waals surface area contributed by atoms with Crippen LogP contribution in [-0.4, -0.2) is 47.2 Å². The van der Waals surface area contributed by atoms with Gasteiger partial charge in [0.15, 0.2) is 0 Å². The minimum atomic E-state index is -1.69. The lowest BCUT2D eigenvalue weighted by atomic mass is 9.90. The van der Waals surface area contributed by atoms with E-state index in [-0.39, 0.29) is 24.2 Å². The van der Waals surface area contributed by atoms with Gasteiger partial charge in [-0.05, 0) is 18.3 Å². The second kappa shape index (κ2) is 9.37. The molecule has 0 spiro atoms. The van der Waals surface area contributed by atoms with Crippen molar-refractivity contribution in [2.24, 2.45) is 17.8 Å². The van der Waals surface area contributed by atoms with Crippen LogP contribution in [0, 0.1) is 17.8 Å². The van der Waals surface area contributed by atoms with E-state index in [0.717, 1.165) is 0 Å². The summed E-state index contributed by atoms with van der Waals surface area (Å²) < 4.78 is 0. The molecule has 8 heteroatoms. The molecule has 0 fully saturated rings. The van der Waals surface area contributed by atoms with E-state index in [1.807, 2.05) is 13.8 Å². The molecule has 0 radical (unpaired) electrons. The zero-order valence-corrected chi connectivity index (χ0v) is 13.7. The van der Waals surface area contributed by atoms with Crippen LogP contribution in [0.3, 0.4) is 0 Å². The van der Waals surface area contributed by atoms with Gasteiger partial charge in [-0.1, -0.05) is 27.7 Å². The number of likely N-dealkylation sites (N-methyl/N-ethyl adjacent to an activating group) is 1. The molecule has 0 saturated heterocycles. The quantitative estimate of drug-likeness (QED) is 0.302. The highest BCUT2D eigenvalue weighted by molar-refractivity contribution is 5.92.